The number of carboxylic acids is 1. The third-order valence-corrected chi connectivity index (χ3v) is 5.54. The Morgan fingerprint density at radius 2 is 1.57 bits per heavy atom. The number of aliphatic carboxylic acids is 1. The molecule has 1 aliphatic carbocycles. The third-order valence-electron chi connectivity index (χ3n) is 5.54. The molecule has 0 aromatic heterocycles. The van der Waals surface area contributed by atoms with Crippen molar-refractivity contribution in [1.29, 1.82) is 0 Å². The molecule has 28 heavy (non-hydrogen) atoms. The first-order valence-corrected chi connectivity index (χ1v) is 9.19. The molecule has 2 aromatic rings. The van der Waals surface area contributed by atoms with Crippen molar-refractivity contribution in [2.75, 3.05) is 13.2 Å². The highest BCUT2D eigenvalue weighted by Gasteiger charge is 2.44. The molecule has 0 spiro atoms. The zero-order chi connectivity index (χ0) is 19.8. The summed E-state index contributed by atoms with van der Waals surface area (Å²) in [4.78, 5) is 25.1. The number of amides is 1. The van der Waals surface area contributed by atoms with Crippen LogP contribution in [0.5, 0.6) is 0 Å². The van der Waals surface area contributed by atoms with Crippen LogP contribution in [0.2, 0.25) is 0 Å². The second-order valence-corrected chi connectivity index (χ2v) is 7.13. The van der Waals surface area contributed by atoms with Gasteiger partial charge in [0.1, 0.15) is 12.7 Å². The number of aliphatic hydroxyl groups excluding tert-OH is 2. The number of aliphatic hydroxyl groups is 2. The Labute approximate surface area is 161 Å². The van der Waals surface area contributed by atoms with Gasteiger partial charge in [-0.3, -0.25) is 4.90 Å². The van der Waals surface area contributed by atoms with Crippen molar-refractivity contribution in [2.45, 2.75) is 30.6 Å². The molecule has 0 saturated carbocycles. The SMILES string of the molecule is O=C(O)[C@H]1[C@@H](O)[C@@H](O)CCN1C(=O)OCC1c2ccccc2-c2ccccc21. The molecule has 146 valence electrons. The molecule has 1 heterocycles. The van der Waals surface area contributed by atoms with Crippen LogP contribution in [-0.4, -0.2) is 63.7 Å². The van der Waals surface area contributed by atoms with Crippen LogP contribution in [0.4, 0.5) is 4.79 Å². The number of carboxylic acid groups (broad SMARTS) is 1. The summed E-state index contributed by atoms with van der Waals surface area (Å²) >= 11 is 0. The molecule has 0 bridgehead atoms. The first-order valence-electron chi connectivity index (χ1n) is 9.19. The van der Waals surface area contributed by atoms with E-state index >= 15 is 0 Å². The number of nitrogens with zero attached hydrogens (tertiary/aromatic N) is 1. The average molecular weight is 383 g/mol. The zero-order valence-corrected chi connectivity index (χ0v) is 15.1. The molecular weight excluding hydrogens is 362 g/mol. The fourth-order valence-electron chi connectivity index (χ4n) is 4.14. The highest BCUT2D eigenvalue weighted by Crippen LogP contribution is 2.44. The number of benzene rings is 2. The Morgan fingerprint density at radius 3 is 2.14 bits per heavy atom. The van der Waals surface area contributed by atoms with Gasteiger partial charge < -0.3 is 20.1 Å². The van der Waals surface area contributed by atoms with Crippen molar-refractivity contribution in [3.8, 4) is 11.1 Å². The lowest BCUT2D eigenvalue weighted by Gasteiger charge is -2.38. The number of hydrogen-bond donors (Lipinski definition) is 3. The molecule has 0 radical (unpaired) electrons. The highest BCUT2D eigenvalue weighted by molar-refractivity contribution is 5.82. The molecule has 1 fully saturated rings. The maximum atomic E-state index is 12.6. The van der Waals surface area contributed by atoms with Gasteiger partial charge in [-0.2, -0.15) is 0 Å². The molecule has 2 aromatic carbocycles. The van der Waals surface area contributed by atoms with Crippen molar-refractivity contribution in [3.63, 3.8) is 0 Å². The van der Waals surface area contributed by atoms with E-state index < -0.39 is 30.3 Å². The largest absolute Gasteiger partial charge is 0.480 e. The number of carbonyl (C=O) groups excluding carboxylic acids is 1. The normalized spacial score (nSPS) is 23.8. The summed E-state index contributed by atoms with van der Waals surface area (Å²) in [6.07, 6.45) is -3.44. The van der Waals surface area contributed by atoms with Gasteiger partial charge in [0.15, 0.2) is 6.04 Å². The molecule has 4 rings (SSSR count). The van der Waals surface area contributed by atoms with Crippen LogP contribution in [0.1, 0.15) is 23.5 Å². The predicted molar refractivity (Wildman–Crippen MR) is 99.8 cm³/mol. The van der Waals surface area contributed by atoms with Crippen molar-refractivity contribution in [3.05, 3.63) is 59.7 Å². The van der Waals surface area contributed by atoms with Crippen LogP contribution in [0.25, 0.3) is 11.1 Å². The Hall–Kier alpha value is -2.90. The van der Waals surface area contributed by atoms with Gasteiger partial charge in [0.05, 0.1) is 6.10 Å². The molecule has 3 N–H and O–H groups in total. The van der Waals surface area contributed by atoms with E-state index in [9.17, 15) is 24.9 Å². The van der Waals surface area contributed by atoms with Crippen molar-refractivity contribution in [1.82, 2.24) is 4.90 Å². The van der Waals surface area contributed by atoms with Crippen LogP contribution >= 0.6 is 0 Å². The lowest BCUT2D eigenvalue weighted by molar-refractivity contribution is -0.155. The van der Waals surface area contributed by atoms with Gasteiger partial charge in [-0.25, -0.2) is 9.59 Å². The van der Waals surface area contributed by atoms with Crippen LogP contribution in [0.3, 0.4) is 0 Å². The highest BCUT2D eigenvalue weighted by atomic mass is 16.6. The van der Waals surface area contributed by atoms with E-state index in [4.69, 9.17) is 4.74 Å². The summed E-state index contributed by atoms with van der Waals surface area (Å²) in [5.74, 6) is -1.51. The molecule has 7 nitrogen and oxygen atoms in total. The molecular formula is C21H21NO6. The van der Waals surface area contributed by atoms with Gasteiger partial charge in [-0.05, 0) is 28.7 Å². The van der Waals surface area contributed by atoms with E-state index in [0.717, 1.165) is 27.2 Å². The molecule has 7 heteroatoms. The Kier molecular flexibility index (Phi) is 4.78. The van der Waals surface area contributed by atoms with Crippen LogP contribution in [-0.2, 0) is 9.53 Å². The molecule has 1 saturated heterocycles. The van der Waals surface area contributed by atoms with Crippen molar-refractivity contribution in [2.24, 2.45) is 0 Å². The molecule has 2 aliphatic rings. The standard InChI is InChI=1S/C21H21NO6/c23-17-9-10-22(18(19(17)24)20(25)26)21(27)28-11-16-14-7-3-1-5-12(14)13-6-2-4-8-15(13)16/h1-8,16-19,23-24H,9-11H2,(H,25,26)/t17-,18+,19-/m0/s1. The van der Waals surface area contributed by atoms with E-state index in [1.54, 1.807) is 0 Å². The quantitative estimate of drug-likeness (QED) is 0.746. The molecule has 3 atom stereocenters. The van der Waals surface area contributed by atoms with Gasteiger partial charge in [0.2, 0.25) is 0 Å². The average Bonchev–Trinajstić information content (AvgIpc) is 3.01. The summed E-state index contributed by atoms with van der Waals surface area (Å²) in [5.41, 5.74) is 4.30. The molecule has 0 unspecified atom stereocenters. The van der Waals surface area contributed by atoms with Crippen molar-refractivity contribution >= 4 is 12.1 Å². The Bertz CT molecular complexity index is 868. The lowest BCUT2D eigenvalue weighted by atomic mass is 9.96. The van der Waals surface area contributed by atoms with E-state index in [1.165, 1.54) is 0 Å². The minimum Gasteiger partial charge on any atom is -0.480 e. The maximum absolute atomic E-state index is 12.6. The van der Waals surface area contributed by atoms with E-state index in [0.29, 0.717) is 0 Å². The maximum Gasteiger partial charge on any atom is 0.410 e. The topological polar surface area (TPSA) is 107 Å². The fourth-order valence-corrected chi connectivity index (χ4v) is 4.14. The van der Waals surface area contributed by atoms with Gasteiger partial charge in [0, 0.05) is 12.5 Å². The van der Waals surface area contributed by atoms with E-state index in [1.807, 2.05) is 48.5 Å². The molecule has 1 amide bonds. The number of piperidine rings is 1. The predicted octanol–water partition coefficient (Wildman–Crippen LogP) is 1.82. The summed E-state index contributed by atoms with van der Waals surface area (Å²) in [7, 11) is 0. The minimum absolute atomic E-state index is 0.00582. The van der Waals surface area contributed by atoms with Gasteiger partial charge in [-0.1, -0.05) is 48.5 Å². The van der Waals surface area contributed by atoms with Gasteiger partial charge in [0.25, 0.3) is 0 Å². The summed E-state index contributed by atoms with van der Waals surface area (Å²) in [5, 5.41) is 29.1. The van der Waals surface area contributed by atoms with Gasteiger partial charge in [-0.15, -0.1) is 0 Å². The number of likely N-dealkylation sites (tertiary alicyclic amines) is 1. The number of carbonyl (C=O) groups is 2. The van der Waals surface area contributed by atoms with Crippen LogP contribution in [0.15, 0.2) is 48.5 Å². The van der Waals surface area contributed by atoms with Gasteiger partial charge >= 0.3 is 12.1 Å². The number of ether oxygens (including phenoxy) is 1. The fraction of sp³-hybridized carbons (Fsp3) is 0.333. The number of fused-ring (bicyclic) bond motifs is 3. The van der Waals surface area contributed by atoms with E-state index in [2.05, 4.69) is 0 Å². The lowest BCUT2D eigenvalue weighted by Crippen LogP contribution is -2.60. The summed E-state index contributed by atoms with van der Waals surface area (Å²) < 4.78 is 5.47. The summed E-state index contributed by atoms with van der Waals surface area (Å²) in [6.45, 7) is 0.0697. The monoisotopic (exact) mass is 383 g/mol. The zero-order valence-electron chi connectivity index (χ0n) is 15.1. The van der Waals surface area contributed by atoms with E-state index in [-0.39, 0.29) is 25.5 Å². The Balaban J connectivity index is 1.53. The second-order valence-electron chi connectivity index (χ2n) is 7.13. The Morgan fingerprint density at radius 1 is 1.00 bits per heavy atom. The first kappa shape index (κ1) is 18.5. The second kappa shape index (κ2) is 7.26. The first-order chi connectivity index (χ1) is 13.5. The summed E-state index contributed by atoms with van der Waals surface area (Å²) in [6, 6.07) is 14.3. The number of hydrogen-bond acceptors (Lipinski definition) is 5. The minimum atomic E-state index is -1.55. The van der Waals surface area contributed by atoms with Crippen LogP contribution in [0, 0.1) is 0 Å². The van der Waals surface area contributed by atoms with Crippen molar-refractivity contribution < 1.29 is 29.6 Å². The molecule has 1 aliphatic heterocycles. The third kappa shape index (κ3) is 3.02. The smallest absolute Gasteiger partial charge is 0.410 e. The van der Waals surface area contributed by atoms with Crippen LogP contribution < -0.4 is 0 Å². The number of rotatable bonds is 3.